The topological polar surface area (TPSA) is 17.0 Å². The fourth-order valence-electron chi connectivity index (χ4n) is 1.86. The molecule has 0 aliphatic rings. The molecule has 0 amide bonds. The fourth-order valence-corrected chi connectivity index (χ4v) is 1.86. The van der Waals surface area contributed by atoms with Crippen molar-refractivity contribution in [2.24, 2.45) is 0 Å². The van der Waals surface area contributed by atoms with Gasteiger partial charge in [0.05, 0.1) is 6.26 Å². The maximum atomic E-state index is 5.33. The summed E-state index contributed by atoms with van der Waals surface area (Å²) in [7, 11) is 0. The second-order valence-corrected chi connectivity index (χ2v) is 3.83. The summed E-state index contributed by atoms with van der Waals surface area (Å²) >= 11 is 0. The summed E-state index contributed by atoms with van der Waals surface area (Å²) < 4.78 is 7.45. The molecule has 0 spiro atoms. The van der Waals surface area contributed by atoms with Gasteiger partial charge in [-0.1, -0.05) is 18.2 Å². The Bertz CT molecular complexity index is 604. The van der Waals surface area contributed by atoms with E-state index < -0.39 is 0 Å². The van der Waals surface area contributed by atoms with Crippen LogP contribution >= 0.6 is 0 Å². The Morgan fingerprint density at radius 2 is 1.76 bits per heavy atom. The first kappa shape index (κ1) is 11.9. The van der Waals surface area contributed by atoms with Gasteiger partial charge in [0.2, 0.25) is 6.54 Å². The zero-order valence-corrected chi connectivity index (χ0v) is 10.8. The Morgan fingerprint density at radius 1 is 0.941 bits per heavy atom. The standard InChI is InChI=1S/C14H12NO.BrH/c1-2-5-13-10-15(8-7-12(13)4-1)11-14-6-3-9-16-14;/h1-10H,11H2;1H/q+1;/p-1. The SMILES string of the molecule is [Br-].c1coc(C[n+]2ccc3ccccc3c2)c1. The quantitative estimate of drug-likeness (QED) is 0.596. The monoisotopic (exact) mass is 289 g/mol. The van der Waals surface area contributed by atoms with Crippen molar-refractivity contribution in [3.8, 4) is 0 Å². The van der Waals surface area contributed by atoms with Crippen LogP contribution in [0.5, 0.6) is 0 Å². The number of furan rings is 1. The van der Waals surface area contributed by atoms with Gasteiger partial charge in [-0.25, -0.2) is 0 Å². The van der Waals surface area contributed by atoms with E-state index in [2.05, 4.69) is 47.3 Å². The van der Waals surface area contributed by atoms with Crippen molar-refractivity contribution in [2.75, 3.05) is 0 Å². The van der Waals surface area contributed by atoms with E-state index in [1.807, 2.05) is 12.1 Å². The molecule has 17 heavy (non-hydrogen) atoms. The van der Waals surface area contributed by atoms with Crippen molar-refractivity contribution in [3.63, 3.8) is 0 Å². The highest BCUT2D eigenvalue weighted by Crippen LogP contribution is 2.10. The van der Waals surface area contributed by atoms with Crippen LogP contribution in [0, 0.1) is 0 Å². The molecule has 0 saturated carbocycles. The summed E-state index contributed by atoms with van der Waals surface area (Å²) in [6.45, 7) is 0.776. The number of rotatable bonds is 2. The van der Waals surface area contributed by atoms with Gasteiger partial charge < -0.3 is 21.4 Å². The summed E-state index contributed by atoms with van der Waals surface area (Å²) in [6.07, 6.45) is 5.92. The predicted molar refractivity (Wildman–Crippen MR) is 62.0 cm³/mol. The number of halogens is 1. The summed E-state index contributed by atoms with van der Waals surface area (Å²) in [4.78, 5) is 0. The predicted octanol–water partition coefficient (Wildman–Crippen LogP) is -0.227. The molecule has 2 nitrogen and oxygen atoms in total. The molecule has 0 unspecified atom stereocenters. The van der Waals surface area contributed by atoms with E-state index in [0.29, 0.717) is 0 Å². The average Bonchev–Trinajstić information content (AvgIpc) is 2.82. The van der Waals surface area contributed by atoms with E-state index in [-0.39, 0.29) is 17.0 Å². The second-order valence-electron chi connectivity index (χ2n) is 3.83. The molecule has 86 valence electrons. The molecule has 3 heteroatoms. The van der Waals surface area contributed by atoms with E-state index in [1.165, 1.54) is 10.8 Å². The maximum absolute atomic E-state index is 5.33. The third-order valence-corrected chi connectivity index (χ3v) is 2.67. The largest absolute Gasteiger partial charge is 1.00 e. The Morgan fingerprint density at radius 3 is 2.53 bits per heavy atom. The van der Waals surface area contributed by atoms with Crippen LogP contribution in [0.25, 0.3) is 10.8 Å². The Hall–Kier alpha value is -1.61. The Balaban J connectivity index is 0.00000108. The van der Waals surface area contributed by atoms with Gasteiger partial charge in [-0.15, -0.1) is 0 Å². The normalized spacial score (nSPS) is 10.1. The first-order valence-electron chi connectivity index (χ1n) is 5.32. The van der Waals surface area contributed by atoms with E-state index in [1.54, 1.807) is 6.26 Å². The lowest BCUT2D eigenvalue weighted by molar-refractivity contribution is -0.688. The van der Waals surface area contributed by atoms with E-state index in [0.717, 1.165) is 12.3 Å². The Labute approximate surface area is 110 Å². The third-order valence-electron chi connectivity index (χ3n) is 2.67. The van der Waals surface area contributed by atoms with Gasteiger partial charge in [0, 0.05) is 11.5 Å². The van der Waals surface area contributed by atoms with Crippen LogP contribution in [0.2, 0.25) is 0 Å². The lowest BCUT2D eigenvalue weighted by atomic mass is 10.2. The molecule has 0 radical (unpaired) electrons. The number of hydrogen-bond donors (Lipinski definition) is 0. The highest BCUT2D eigenvalue weighted by Gasteiger charge is 2.05. The van der Waals surface area contributed by atoms with Crippen LogP contribution in [0.15, 0.2) is 65.5 Å². The van der Waals surface area contributed by atoms with Crippen LogP contribution in [-0.4, -0.2) is 0 Å². The van der Waals surface area contributed by atoms with Crippen molar-refractivity contribution < 1.29 is 26.0 Å². The third kappa shape index (κ3) is 2.56. The van der Waals surface area contributed by atoms with Crippen molar-refractivity contribution >= 4 is 10.8 Å². The van der Waals surface area contributed by atoms with Crippen LogP contribution in [0.4, 0.5) is 0 Å². The molecule has 2 heterocycles. The molecule has 0 N–H and O–H groups in total. The minimum absolute atomic E-state index is 0. The average molecular weight is 290 g/mol. The van der Waals surface area contributed by atoms with Crippen molar-refractivity contribution in [2.45, 2.75) is 6.54 Å². The molecule has 0 bridgehead atoms. The molecule has 0 fully saturated rings. The van der Waals surface area contributed by atoms with Gasteiger partial charge in [0.15, 0.2) is 18.2 Å². The maximum Gasteiger partial charge on any atom is 0.205 e. The van der Waals surface area contributed by atoms with Crippen molar-refractivity contribution in [3.05, 3.63) is 66.9 Å². The van der Waals surface area contributed by atoms with Crippen molar-refractivity contribution in [1.29, 1.82) is 0 Å². The summed E-state index contributed by atoms with van der Waals surface area (Å²) in [5, 5.41) is 2.51. The highest BCUT2D eigenvalue weighted by atomic mass is 79.9. The summed E-state index contributed by atoms with van der Waals surface area (Å²) in [6, 6.07) is 14.4. The first-order chi connectivity index (χ1) is 7.92. The number of aromatic nitrogens is 1. The summed E-state index contributed by atoms with van der Waals surface area (Å²) in [5.41, 5.74) is 0. The lowest BCUT2D eigenvalue weighted by Gasteiger charge is -1.97. The number of hydrogen-bond acceptors (Lipinski definition) is 1. The first-order valence-corrected chi connectivity index (χ1v) is 5.32. The molecule has 3 rings (SSSR count). The van der Waals surface area contributed by atoms with Gasteiger partial charge >= 0.3 is 0 Å². The smallest absolute Gasteiger partial charge is 0.205 e. The van der Waals surface area contributed by atoms with Crippen LogP contribution < -0.4 is 21.5 Å². The fraction of sp³-hybridized carbons (Fsp3) is 0.0714. The van der Waals surface area contributed by atoms with Crippen LogP contribution in [0.3, 0.4) is 0 Å². The Kier molecular flexibility index (Phi) is 3.59. The lowest BCUT2D eigenvalue weighted by Crippen LogP contribution is -3.00. The van der Waals surface area contributed by atoms with Gasteiger partial charge in [-0.3, -0.25) is 0 Å². The summed E-state index contributed by atoms with van der Waals surface area (Å²) in [5.74, 6) is 0.972. The minimum atomic E-state index is 0. The molecule has 3 aromatic rings. The van der Waals surface area contributed by atoms with Crippen molar-refractivity contribution in [1.82, 2.24) is 0 Å². The molecule has 0 aliphatic heterocycles. The molecule has 1 aromatic carbocycles. The minimum Gasteiger partial charge on any atom is -1.00 e. The highest BCUT2D eigenvalue weighted by molar-refractivity contribution is 5.80. The molecule has 0 saturated heterocycles. The number of nitrogens with zero attached hydrogens (tertiary/aromatic N) is 1. The second kappa shape index (κ2) is 5.15. The molecular formula is C14H12BrNO. The van der Waals surface area contributed by atoms with E-state index in [4.69, 9.17) is 4.42 Å². The number of pyridine rings is 1. The van der Waals surface area contributed by atoms with E-state index in [9.17, 15) is 0 Å². The number of fused-ring (bicyclic) bond motifs is 1. The molecule has 0 aliphatic carbocycles. The van der Waals surface area contributed by atoms with Gasteiger partial charge in [-0.2, -0.15) is 4.57 Å². The molecule has 2 aromatic heterocycles. The zero-order chi connectivity index (χ0) is 10.8. The molecular weight excluding hydrogens is 278 g/mol. The molecule has 0 atom stereocenters. The zero-order valence-electron chi connectivity index (χ0n) is 9.21. The number of benzene rings is 1. The van der Waals surface area contributed by atoms with Gasteiger partial charge in [0.25, 0.3) is 0 Å². The van der Waals surface area contributed by atoms with Crippen LogP contribution in [0.1, 0.15) is 5.76 Å². The van der Waals surface area contributed by atoms with Gasteiger partial charge in [-0.05, 0) is 23.6 Å². The van der Waals surface area contributed by atoms with Gasteiger partial charge in [0.1, 0.15) is 0 Å². The van der Waals surface area contributed by atoms with Crippen LogP contribution in [-0.2, 0) is 6.54 Å². The van der Waals surface area contributed by atoms with E-state index >= 15 is 0 Å².